The van der Waals surface area contributed by atoms with Crippen LogP contribution < -0.4 is 5.32 Å². The van der Waals surface area contributed by atoms with E-state index in [0.717, 1.165) is 24.8 Å². The van der Waals surface area contributed by atoms with E-state index in [4.69, 9.17) is 9.73 Å². The molecule has 4 rings (SSSR count). The van der Waals surface area contributed by atoms with Crippen molar-refractivity contribution in [2.45, 2.75) is 84.3 Å². The van der Waals surface area contributed by atoms with Gasteiger partial charge in [0.1, 0.15) is 5.60 Å². The molecule has 2 amide bonds. The molecule has 2 aromatic carbocycles. The normalized spacial score (nSPS) is 18.0. The van der Waals surface area contributed by atoms with Gasteiger partial charge in [-0.05, 0) is 63.8 Å². The minimum absolute atomic E-state index is 0.0276. The number of rotatable bonds is 10. The highest BCUT2D eigenvalue weighted by Crippen LogP contribution is 2.41. The number of aliphatic imine (C=N–C) groups is 1. The third kappa shape index (κ3) is 7.68. The second kappa shape index (κ2) is 12.6. The van der Waals surface area contributed by atoms with Gasteiger partial charge >= 0.3 is 5.97 Å². The van der Waals surface area contributed by atoms with Crippen LogP contribution in [0.15, 0.2) is 59.1 Å². The number of carbonyl (C=O) groups is 3. The fourth-order valence-electron chi connectivity index (χ4n) is 5.09. The fourth-order valence-corrected chi connectivity index (χ4v) is 5.09. The average molecular weight is 544 g/mol. The molecular weight excluding hydrogens is 502 g/mol. The minimum Gasteiger partial charge on any atom is -0.460 e. The van der Waals surface area contributed by atoms with Gasteiger partial charge in [0.05, 0.1) is 12.1 Å². The number of fused-ring (bicyclic) bond motifs is 1. The number of benzene rings is 2. The highest BCUT2D eigenvalue weighted by Gasteiger charge is 2.39. The van der Waals surface area contributed by atoms with Gasteiger partial charge in [0.2, 0.25) is 5.91 Å². The van der Waals surface area contributed by atoms with Crippen LogP contribution >= 0.6 is 0 Å². The third-order valence-electron chi connectivity index (χ3n) is 6.95. The zero-order chi connectivity index (χ0) is 28.9. The number of esters is 1. The Labute approximate surface area is 237 Å². The summed E-state index contributed by atoms with van der Waals surface area (Å²) in [6, 6.07) is 15.7. The van der Waals surface area contributed by atoms with Crippen LogP contribution in [0.25, 0.3) is 6.08 Å². The minimum atomic E-state index is -0.625. The van der Waals surface area contributed by atoms with Gasteiger partial charge in [-0.3, -0.25) is 19.4 Å². The fraction of sp³-hybridized carbons (Fsp3) is 0.455. The zero-order valence-corrected chi connectivity index (χ0v) is 24.3. The van der Waals surface area contributed by atoms with Crippen molar-refractivity contribution in [1.82, 2.24) is 10.2 Å². The lowest BCUT2D eigenvalue weighted by molar-refractivity contribution is -0.153. The number of hydrogen-bond donors (Lipinski definition) is 1. The number of carbonyl (C=O) groups excluding carboxylic acids is 3. The van der Waals surface area contributed by atoms with Crippen LogP contribution in [0.3, 0.4) is 0 Å². The Balaban J connectivity index is 1.59. The number of ether oxygens (including phenoxy) is 1. The van der Waals surface area contributed by atoms with Gasteiger partial charge in [-0.1, -0.05) is 50.2 Å². The first-order chi connectivity index (χ1) is 19.1. The standard InChI is InChI=1S/C33H41N3O4/c1-6-15-36(16-7-2)32(39)25-17-23-13-14-24(31(38)35-29-21-27(29)22-11-9-8-10-12-22)19-28(23)34-26(18-25)20-30(37)40-33(3,4)5/h8-14,17,19,27,29H,6-7,15-16,18,20-21H2,1-5H3,(H,35,38)/t27-,29+/m0/s1. The highest BCUT2D eigenvalue weighted by atomic mass is 16.6. The summed E-state index contributed by atoms with van der Waals surface area (Å²) < 4.78 is 5.55. The number of nitrogens with one attached hydrogen (secondary N) is 1. The number of nitrogens with zero attached hydrogens (tertiary/aromatic N) is 2. The molecule has 1 aliphatic carbocycles. The predicted molar refractivity (Wildman–Crippen MR) is 159 cm³/mol. The summed E-state index contributed by atoms with van der Waals surface area (Å²) in [6.45, 7) is 10.9. The molecule has 1 heterocycles. The Kier molecular flexibility index (Phi) is 9.23. The molecule has 7 heteroatoms. The van der Waals surface area contributed by atoms with Crippen LogP contribution in [0, 0.1) is 0 Å². The van der Waals surface area contributed by atoms with Gasteiger partial charge in [0.15, 0.2) is 0 Å². The summed E-state index contributed by atoms with van der Waals surface area (Å²) in [6.07, 6.45) is 4.71. The molecule has 1 saturated carbocycles. The molecule has 2 atom stereocenters. The molecule has 0 radical (unpaired) electrons. The van der Waals surface area contributed by atoms with E-state index in [-0.39, 0.29) is 30.7 Å². The Morgan fingerprint density at radius 3 is 2.38 bits per heavy atom. The molecule has 0 bridgehead atoms. The maximum atomic E-state index is 13.6. The molecule has 0 saturated heterocycles. The van der Waals surface area contributed by atoms with Crippen LogP contribution in [-0.2, 0) is 14.3 Å². The molecule has 0 aromatic heterocycles. The van der Waals surface area contributed by atoms with E-state index >= 15 is 0 Å². The second-order valence-electron chi connectivity index (χ2n) is 11.7. The van der Waals surface area contributed by atoms with Crippen LogP contribution in [0.1, 0.15) is 94.1 Å². The molecule has 0 unspecified atom stereocenters. The molecule has 2 aliphatic rings. The molecular formula is C33H41N3O4. The van der Waals surface area contributed by atoms with E-state index in [1.165, 1.54) is 5.56 Å². The molecule has 40 heavy (non-hydrogen) atoms. The van der Waals surface area contributed by atoms with Crippen LogP contribution in [0.5, 0.6) is 0 Å². The SMILES string of the molecule is CCCN(CCC)C(=O)C1=Cc2ccc(C(=O)N[C@@H]3C[C@H]3c3ccccc3)cc2N=C(CC(=O)OC(C)(C)C)C1. The van der Waals surface area contributed by atoms with Gasteiger partial charge in [-0.15, -0.1) is 0 Å². The van der Waals surface area contributed by atoms with E-state index in [1.54, 1.807) is 12.1 Å². The largest absolute Gasteiger partial charge is 0.460 e. The topological polar surface area (TPSA) is 88.1 Å². The first-order valence-corrected chi connectivity index (χ1v) is 14.4. The van der Waals surface area contributed by atoms with E-state index in [0.29, 0.717) is 41.5 Å². The Morgan fingerprint density at radius 2 is 1.73 bits per heavy atom. The average Bonchev–Trinajstić information content (AvgIpc) is 3.69. The van der Waals surface area contributed by atoms with Crippen molar-refractivity contribution in [3.8, 4) is 0 Å². The van der Waals surface area contributed by atoms with Crippen molar-refractivity contribution in [3.05, 3.63) is 70.8 Å². The second-order valence-corrected chi connectivity index (χ2v) is 11.7. The van der Waals surface area contributed by atoms with Gasteiger partial charge in [0.25, 0.3) is 5.91 Å². The Morgan fingerprint density at radius 1 is 1.02 bits per heavy atom. The summed E-state index contributed by atoms with van der Waals surface area (Å²) in [5.41, 5.74) is 3.56. The van der Waals surface area contributed by atoms with Crippen LogP contribution in [0.4, 0.5) is 5.69 Å². The third-order valence-corrected chi connectivity index (χ3v) is 6.95. The van der Waals surface area contributed by atoms with Crippen molar-refractivity contribution >= 4 is 35.3 Å². The maximum Gasteiger partial charge on any atom is 0.312 e. The lowest BCUT2D eigenvalue weighted by Gasteiger charge is -2.23. The number of hydrogen-bond acceptors (Lipinski definition) is 5. The first kappa shape index (κ1) is 29.2. The summed E-state index contributed by atoms with van der Waals surface area (Å²) in [4.78, 5) is 46.1. The van der Waals surface area contributed by atoms with Crippen LogP contribution in [0.2, 0.25) is 0 Å². The molecule has 0 spiro atoms. The van der Waals surface area contributed by atoms with E-state index in [9.17, 15) is 14.4 Å². The quantitative estimate of drug-likeness (QED) is 0.361. The van der Waals surface area contributed by atoms with Gasteiger partial charge in [0, 0.05) is 53.9 Å². The summed E-state index contributed by atoms with van der Waals surface area (Å²) >= 11 is 0. The molecule has 1 fully saturated rings. The maximum absolute atomic E-state index is 13.6. The predicted octanol–water partition coefficient (Wildman–Crippen LogP) is 6.21. The lowest BCUT2D eigenvalue weighted by Crippen LogP contribution is -2.34. The van der Waals surface area contributed by atoms with Gasteiger partial charge in [-0.25, -0.2) is 0 Å². The van der Waals surface area contributed by atoms with E-state index < -0.39 is 11.6 Å². The van der Waals surface area contributed by atoms with Crippen molar-refractivity contribution in [1.29, 1.82) is 0 Å². The zero-order valence-electron chi connectivity index (χ0n) is 24.3. The van der Waals surface area contributed by atoms with Crippen molar-refractivity contribution in [3.63, 3.8) is 0 Å². The molecule has 7 nitrogen and oxygen atoms in total. The van der Waals surface area contributed by atoms with Crippen molar-refractivity contribution in [2.75, 3.05) is 13.1 Å². The van der Waals surface area contributed by atoms with Gasteiger partial charge in [-0.2, -0.15) is 0 Å². The van der Waals surface area contributed by atoms with E-state index in [1.807, 2.05) is 56.0 Å². The monoisotopic (exact) mass is 543 g/mol. The summed E-state index contributed by atoms with van der Waals surface area (Å²) in [5.74, 6) is -0.266. The van der Waals surface area contributed by atoms with Gasteiger partial charge < -0.3 is 15.0 Å². The van der Waals surface area contributed by atoms with E-state index in [2.05, 4.69) is 31.3 Å². The smallest absolute Gasteiger partial charge is 0.312 e. The van der Waals surface area contributed by atoms with Crippen molar-refractivity contribution < 1.29 is 19.1 Å². The highest BCUT2D eigenvalue weighted by molar-refractivity contribution is 6.10. The van der Waals surface area contributed by atoms with Crippen molar-refractivity contribution in [2.24, 2.45) is 4.99 Å². The first-order valence-electron chi connectivity index (χ1n) is 14.4. The summed E-state index contributed by atoms with van der Waals surface area (Å²) in [5, 5.41) is 3.14. The molecule has 1 N–H and O–H groups in total. The Hall–Kier alpha value is -3.74. The molecule has 1 aliphatic heterocycles. The lowest BCUT2D eigenvalue weighted by atomic mass is 10.0. The number of amides is 2. The molecule has 2 aromatic rings. The van der Waals surface area contributed by atoms with Crippen LogP contribution in [-0.4, -0.2) is 53.1 Å². The summed E-state index contributed by atoms with van der Waals surface area (Å²) in [7, 11) is 0. The molecule has 212 valence electrons. The Bertz CT molecular complexity index is 1300.